The molecule has 0 saturated carbocycles. The third-order valence-corrected chi connectivity index (χ3v) is 4.42. The quantitative estimate of drug-likeness (QED) is 0.417. The molecular formula is C14H12N2O6S3. The standard InChI is InChI=1S/C14H12N2O6S3/c1-24(17,18)21-11-5-3-10(4-6-11)12(9-15)13-7-8-14(23-13)16-22-25(2,19)20/h3-8H,1-2H3/b13-12-,16-14+. The molecule has 0 N–H and O–H groups in total. The Balaban J connectivity index is 2.24. The molecule has 25 heavy (non-hydrogen) atoms. The van der Waals surface area contributed by atoms with Gasteiger partial charge in [0.1, 0.15) is 16.9 Å². The molecule has 0 amide bonds. The van der Waals surface area contributed by atoms with Gasteiger partial charge in [0.25, 0.3) is 0 Å². The monoisotopic (exact) mass is 400 g/mol. The Morgan fingerprint density at radius 3 is 2.24 bits per heavy atom. The van der Waals surface area contributed by atoms with Crippen LogP contribution in [0.5, 0.6) is 5.75 Å². The van der Waals surface area contributed by atoms with E-state index in [4.69, 9.17) is 4.18 Å². The lowest BCUT2D eigenvalue weighted by Gasteiger charge is -2.05. The minimum absolute atomic E-state index is 0.131. The highest BCUT2D eigenvalue weighted by Gasteiger charge is 2.17. The average molecular weight is 400 g/mol. The van der Waals surface area contributed by atoms with E-state index < -0.39 is 20.2 Å². The molecule has 1 aliphatic heterocycles. The molecule has 1 aromatic carbocycles. The first kappa shape index (κ1) is 19.0. The van der Waals surface area contributed by atoms with Crippen molar-refractivity contribution in [3.63, 3.8) is 0 Å². The molecule has 8 nitrogen and oxygen atoms in total. The molecule has 0 aliphatic carbocycles. The lowest BCUT2D eigenvalue weighted by molar-refractivity contribution is 0.345. The van der Waals surface area contributed by atoms with E-state index in [2.05, 4.69) is 15.5 Å². The van der Waals surface area contributed by atoms with Crippen molar-refractivity contribution in [1.82, 2.24) is 0 Å². The summed E-state index contributed by atoms with van der Waals surface area (Å²) in [7, 11) is -7.33. The number of oxime groups is 1. The van der Waals surface area contributed by atoms with Crippen LogP contribution in [-0.2, 0) is 24.5 Å². The summed E-state index contributed by atoms with van der Waals surface area (Å²) in [6, 6.07) is 8.00. The van der Waals surface area contributed by atoms with Crippen molar-refractivity contribution in [3.05, 3.63) is 46.9 Å². The fourth-order valence-corrected chi connectivity index (χ4v) is 3.29. The van der Waals surface area contributed by atoms with Crippen LogP contribution in [0.15, 0.2) is 46.5 Å². The molecule has 132 valence electrons. The van der Waals surface area contributed by atoms with Crippen molar-refractivity contribution in [2.45, 2.75) is 0 Å². The van der Waals surface area contributed by atoms with Gasteiger partial charge in [0.15, 0.2) is 0 Å². The van der Waals surface area contributed by atoms with Crippen LogP contribution in [0.3, 0.4) is 0 Å². The van der Waals surface area contributed by atoms with Crippen LogP contribution in [0.1, 0.15) is 5.56 Å². The summed E-state index contributed by atoms with van der Waals surface area (Å²) in [4.78, 5) is 0.551. The summed E-state index contributed by atoms with van der Waals surface area (Å²) in [5.41, 5.74) is 0.859. The average Bonchev–Trinajstić information content (AvgIpc) is 2.94. The van der Waals surface area contributed by atoms with Crippen LogP contribution in [0.4, 0.5) is 0 Å². The molecule has 0 aromatic heterocycles. The zero-order chi connectivity index (χ0) is 18.7. The van der Waals surface area contributed by atoms with E-state index in [0.29, 0.717) is 16.0 Å². The summed E-state index contributed by atoms with van der Waals surface area (Å²) >= 11 is 1.07. The minimum Gasteiger partial charge on any atom is -0.383 e. The smallest absolute Gasteiger partial charge is 0.325 e. The normalized spacial score (nSPS) is 18.0. The number of hydrogen-bond acceptors (Lipinski definition) is 9. The number of nitrogens with zero attached hydrogens (tertiary/aromatic N) is 2. The Labute approximate surface area is 149 Å². The number of benzene rings is 1. The van der Waals surface area contributed by atoms with Gasteiger partial charge in [-0.1, -0.05) is 16.9 Å². The van der Waals surface area contributed by atoms with Crippen molar-refractivity contribution >= 4 is 42.6 Å². The maximum absolute atomic E-state index is 11.1. The highest BCUT2D eigenvalue weighted by molar-refractivity contribution is 8.18. The Bertz CT molecular complexity index is 1010. The lowest BCUT2D eigenvalue weighted by atomic mass is 10.1. The van der Waals surface area contributed by atoms with Gasteiger partial charge in [-0.2, -0.15) is 22.1 Å². The van der Waals surface area contributed by atoms with Crippen LogP contribution in [0, 0.1) is 11.3 Å². The second kappa shape index (κ2) is 7.30. The SMILES string of the molecule is CS(=O)(=O)O/N=C1C=C/C(=C(\C#N)c2ccc(OS(C)(=O)=O)cc2)S\1. The van der Waals surface area contributed by atoms with Gasteiger partial charge in [0.2, 0.25) is 0 Å². The molecule has 0 radical (unpaired) electrons. The maximum Gasteiger partial charge on any atom is 0.325 e. The Morgan fingerprint density at radius 2 is 1.72 bits per heavy atom. The number of hydrogen-bond donors (Lipinski definition) is 0. The van der Waals surface area contributed by atoms with Gasteiger partial charge in [-0.25, -0.2) is 0 Å². The fraction of sp³-hybridized carbons (Fsp3) is 0.143. The molecule has 0 saturated heterocycles. The summed E-state index contributed by atoms with van der Waals surface area (Å²) in [5.74, 6) is 0.131. The fourth-order valence-electron chi connectivity index (χ4n) is 1.73. The number of thioether (sulfide) groups is 1. The van der Waals surface area contributed by atoms with Crippen molar-refractivity contribution in [3.8, 4) is 11.8 Å². The Morgan fingerprint density at radius 1 is 1.08 bits per heavy atom. The molecular weight excluding hydrogens is 388 g/mol. The first-order chi connectivity index (χ1) is 11.6. The predicted octanol–water partition coefficient (Wildman–Crippen LogP) is 1.85. The third kappa shape index (κ3) is 5.93. The van der Waals surface area contributed by atoms with E-state index in [1.54, 1.807) is 18.2 Å². The zero-order valence-corrected chi connectivity index (χ0v) is 15.5. The number of allylic oxidation sites excluding steroid dienone is 2. The van der Waals surface area contributed by atoms with Crippen LogP contribution in [0.2, 0.25) is 0 Å². The Hall–Kier alpha value is -2.29. The Kier molecular flexibility index (Phi) is 5.56. The predicted molar refractivity (Wildman–Crippen MR) is 94.5 cm³/mol. The third-order valence-electron chi connectivity index (χ3n) is 2.60. The largest absolute Gasteiger partial charge is 0.383 e. The maximum atomic E-state index is 11.1. The van der Waals surface area contributed by atoms with E-state index in [1.807, 2.05) is 0 Å². The van der Waals surface area contributed by atoms with E-state index >= 15 is 0 Å². The first-order valence-corrected chi connectivity index (χ1v) is 11.0. The molecule has 0 unspecified atom stereocenters. The topological polar surface area (TPSA) is 123 Å². The van der Waals surface area contributed by atoms with Crippen LogP contribution < -0.4 is 4.18 Å². The highest BCUT2D eigenvalue weighted by atomic mass is 32.2. The van der Waals surface area contributed by atoms with Gasteiger partial charge in [-0.05, 0) is 42.0 Å². The van der Waals surface area contributed by atoms with Crippen molar-refractivity contribution in [2.24, 2.45) is 5.16 Å². The molecule has 0 bridgehead atoms. The minimum atomic E-state index is -3.71. The molecule has 11 heteroatoms. The molecule has 1 aromatic rings. The van der Waals surface area contributed by atoms with Crippen LogP contribution >= 0.6 is 11.8 Å². The van der Waals surface area contributed by atoms with Gasteiger partial charge in [-0.15, -0.1) is 0 Å². The summed E-state index contributed by atoms with van der Waals surface area (Å²) in [5, 5.41) is 13.2. The summed E-state index contributed by atoms with van der Waals surface area (Å²) in [6.45, 7) is 0. The molecule has 1 heterocycles. The highest BCUT2D eigenvalue weighted by Crippen LogP contribution is 2.34. The van der Waals surface area contributed by atoms with Crippen LogP contribution in [0.25, 0.3) is 5.57 Å². The van der Waals surface area contributed by atoms with Crippen molar-refractivity contribution in [2.75, 3.05) is 12.5 Å². The molecule has 0 spiro atoms. The van der Waals surface area contributed by atoms with Gasteiger partial charge >= 0.3 is 20.2 Å². The van der Waals surface area contributed by atoms with Crippen molar-refractivity contribution in [1.29, 1.82) is 5.26 Å². The van der Waals surface area contributed by atoms with E-state index in [0.717, 1.165) is 24.3 Å². The van der Waals surface area contributed by atoms with Gasteiger partial charge in [0.05, 0.1) is 18.1 Å². The molecule has 0 atom stereocenters. The zero-order valence-electron chi connectivity index (χ0n) is 13.0. The van der Waals surface area contributed by atoms with Gasteiger partial charge < -0.3 is 4.18 Å². The van der Waals surface area contributed by atoms with E-state index in [-0.39, 0.29) is 10.8 Å². The molecule has 0 fully saturated rings. The van der Waals surface area contributed by atoms with E-state index in [1.165, 1.54) is 18.2 Å². The summed E-state index contributed by atoms with van der Waals surface area (Å²) < 4.78 is 53.1. The van der Waals surface area contributed by atoms with Gasteiger partial charge in [0, 0.05) is 4.91 Å². The lowest BCUT2D eigenvalue weighted by Crippen LogP contribution is -2.05. The second-order valence-corrected chi connectivity index (χ2v) is 9.00. The second-order valence-electron chi connectivity index (χ2n) is 4.81. The van der Waals surface area contributed by atoms with E-state index in [9.17, 15) is 22.1 Å². The van der Waals surface area contributed by atoms with Crippen molar-refractivity contribution < 1.29 is 25.3 Å². The summed E-state index contributed by atoms with van der Waals surface area (Å²) in [6.07, 6.45) is 4.93. The number of nitriles is 1. The molecule has 1 aliphatic rings. The molecule has 2 rings (SSSR count). The van der Waals surface area contributed by atoms with Crippen LogP contribution in [-0.4, -0.2) is 34.4 Å². The van der Waals surface area contributed by atoms with Gasteiger partial charge in [-0.3, -0.25) is 4.28 Å². The number of rotatable bonds is 5. The first-order valence-electron chi connectivity index (χ1n) is 6.54.